The van der Waals surface area contributed by atoms with Crippen LogP contribution >= 0.6 is 0 Å². The average molecular weight is 299 g/mol. The fourth-order valence-corrected chi connectivity index (χ4v) is 2.59. The smallest absolute Gasteiger partial charge is 0.305 e. The Balaban J connectivity index is 3.69. The van der Waals surface area contributed by atoms with Gasteiger partial charge in [0, 0.05) is 6.42 Å². The fraction of sp³-hybridized carbons (Fsp3) is 0.947. The van der Waals surface area contributed by atoms with Crippen molar-refractivity contribution >= 4 is 5.97 Å². The molecule has 0 saturated carbocycles. The first-order chi connectivity index (χ1) is 9.90. The van der Waals surface area contributed by atoms with Gasteiger partial charge in [-0.05, 0) is 31.1 Å². The maximum Gasteiger partial charge on any atom is 0.305 e. The maximum atomic E-state index is 11.3. The van der Waals surface area contributed by atoms with Crippen LogP contribution in [-0.4, -0.2) is 12.1 Å². The predicted octanol–water partition coefficient (Wildman–Crippen LogP) is 5.99. The second-order valence-electron chi connectivity index (χ2n) is 7.01. The minimum atomic E-state index is -0.0761. The minimum absolute atomic E-state index is 0.0539. The van der Waals surface area contributed by atoms with Gasteiger partial charge in [-0.25, -0.2) is 0 Å². The quantitative estimate of drug-likeness (QED) is 0.414. The van der Waals surface area contributed by atoms with Crippen molar-refractivity contribution in [3.8, 4) is 0 Å². The Morgan fingerprint density at radius 3 is 1.90 bits per heavy atom. The van der Waals surface area contributed by atoms with E-state index in [4.69, 9.17) is 4.74 Å². The number of esters is 1. The van der Waals surface area contributed by atoms with E-state index >= 15 is 0 Å². The van der Waals surface area contributed by atoms with Crippen LogP contribution in [0.3, 0.4) is 0 Å². The molecule has 0 saturated heterocycles. The lowest BCUT2D eigenvalue weighted by atomic mass is 9.91. The van der Waals surface area contributed by atoms with E-state index in [1.807, 2.05) is 13.8 Å². The molecule has 21 heavy (non-hydrogen) atoms. The van der Waals surface area contributed by atoms with Crippen LogP contribution in [0.1, 0.15) is 92.9 Å². The molecule has 0 aliphatic carbocycles. The number of hydrogen-bond donors (Lipinski definition) is 0. The van der Waals surface area contributed by atoms with E-state index in [2.05, 4.69) is 27.7 Å². The van der Waals surface area contributed by atoms with Crippen LogP contribution in [0.2, 0.25) is 0 Å². The molecule has 0 bridgehead atoms. The normalized spacial score (nSPS) is 17.0. The molecule has 0 radical (unpaired) electrons. The van der Waals surface area contributed by atoms with Crippen molar-refractivity contribution in [3.05, 3.63) is 0 Å². The van der Waals surface area contributed by atoms with Gasteiger partial charge >= 0.3 is 5.97 Å². The van der Waals surface area contributed by atoms with Crippen LogP contribution in [0, 0.1) is 17.8 Å². The molecule has 0 amide bonds. The molecular formula is C19H38O2. The first-order valence-electron chi connectivity index (χ1n) is 9.10. The summed E-state index contributed by atoms with van der Waals surface area (Å²) in [5.41, 5.74) is 0. The van der Waals surface area contributed by atoms with Gasteiger partial charge in [-0.15, -0.1) is 0 Å². The van der Waals surface area contributed by atoms with E-state index in [1.54, 1.807) is 0 Å². The van der Waals surface area contributed by atoms with Crippen molar-refractivity contribution in [2.45, 2.75) is 99.0 Å². The first-order valence-corrected chi connectivity index (χ1v) is 9.10. The van der Waals surface area contributed by atoms with Gasteiger partial charge in [0.05, 0.1) is 0 Å². The Morgan fingerprint density at radius 2 is 1.38 bits per heavy atom. The fourth-order valence-electron chi connectivity index (χ4n) is 2.59. The zero-order valence-corrected chi connectivity index (χ0v) is 15.3. The second-order valence-corrected chi connectivity index (χ2v) is 7.01. The molecule has 0 aliphatic rings. The van der Waals surface area contributed by atoms with Crippen molar-refractivity contribution in [1.29, 1.82) is 0 Å². The highest BCUT2D eigenvalue weighted by Gasteiger charge is 2.16. The van der Waals surface area contributed by atoms with E-state index in [0.29, 0.717) is 12.3 Å². The number of ether oxygens (including phenoxy) is 1. The maximum absolute atomic E-state index is 11.3. The second kappa shape index (κ2) is 12.1. The Hall–Kier alpha value is -0.530. The molecule has 0 aromatic carbocycles. The molecular weight excluding hydrogens is 260 g/mol. The SMILES string of the molecule is CCC(=O)O[C@@H](C)[C@@H](C)CCC[C@@H](C)CCC[C@H](C)CC. The Bertz CT molecular complexity index is 262. The van der Waals surface area contributed by atoms with Crippen molar-refractivity contribution in [1.82, 2.24) is 0 Å². The molecule has 0 aliphatic heterocycles. The summed E-state index contributed by atoms with van der Waals surface area (Å²) in [4.78, 5) is 11.3. The van der Waals surface area contributed by atoms with Gasteiger partial charge in [-0.2, -0.15) is 0 Å². The summed E-state index contributed by atoms with van der Waals surface area (Å²) in [6.07, 6.45) is 9.66. The average Bonchev–Trinajstić information content (AvgIpc) is 2.46. The lowest BCUT2D eigenvalue weighted by Crippen LogP contribution is -2.21. The van der Waals surface area contributed by atoms with E-state index in [0.717, 1.165) is 18.3 Å². The van der Waals surface area contributed by atoms with Crippen molar-refractivity contribution in [2.75, 3.05) is 0 Å². The lowest BCUT2D eigenvalue weighted by molar-refractivity contribution is -0.150. The summed E-state index contributed by atoms with van der Waals surface area (Å²) in [7, 11) is 0. The number of hydrogen-bond acceptors (Lipinski definition) is 2. The molecule has 0 N–H and O–H groups in total. The van der Waals surface area contributed by atoms with Gasteiger partial charge in [0.15, 0.2) is 0 Å². The van der Waals surface area contributed by atoms with E-state index in [9.17, 15) is 4.79 Å². The van der Waals surface area contributed by atoms with Gasteiger partial charge < -0.3 is 4.74 Å². The molecule has 0 aromatic heterocycles. The Labute approximate surface area is 133 Å². The van der Waals surface area contributed by atoms with Crippen molar-refractivity contribution in [3.63, 3.8) is 0 Å². The molecule has 0 heterocycles. The minimum Gasteiger partial charge on any atom is -0.462 e. The molecule has 0 aromatic rings. The van der Waals surface area contributed by atoms with Gasteiger partial charge in [0.2, 0.25) is 0 Å². The largest absolute Gasteiger partial charge is 0.462 e. The third kappa shape index (κ3) is 10.8. The van der Waals surface area contributed by atoms with Crippen LogP contribution in [0.4, 0.5) is 0 Å². The van der Waals surface area contributed by atoms with E-state index in [-0.39, 0.29) is 12.1 Å². The van der Waals surface area contributed by atoms with Gasteiger partial charge in [-0.1, -0.05) is 73.1 Å². The molecule has 4 atom stereocenters. The Kier molecular flexibility index (Phi) is 11.8. The topological polar surface area (TPSA) is 26.3 Å². The highest BCUT2D eigenvalue weighted by Crippen LogP contribution is 2.22. The summed E-state index contributed by atoms with van der Waals surface area (Å²) in [5, 5.41) is 0. The summed E-state index contributed by atoms with van der Waals surface area (Å²) in [5.74, 6) is 2.10. The summed E-state index contributed by atoms with van der Waals surface area (Å²) in [6.45, 7) is 13.1. The lowest BCUT2D eigenvalue weighted by Gasteiger charge is -2.21. The standard InChI is InChI=1S/C19H38O2/c1-7-15(3)11-9-12-16(4)13-10-14-17(5)18(6)21-19(20)8-2/h15-18H,7-14H2,1-6H3/t15-,16+,17+,18+/m1/s1. The summed E-state index contributed by atoms with van der Waals surface area (Å²) in [6, 6.07) is 0. The molecule has 0 fully saturated rings. The number of carbonyl (C=O) groups excluding carboxylic acids is 1. The van der Waals surface area contributed by atoms with E-state index < -0.39 is 0 Å². The Morgan fingerprint density at radius 1 is 0.857 bits per heavy atom. The number of rotatable bonds is 12. The molecule has 126 valence electrons. The van der Waals surface area contributed by atoms with Crippen LogP contribution in [-0.2, 0) is 9.53 Å². The van der Waals surface area contributed by atoms with Crippen LogP contribution in [0.25, 0.3) is 0 Å². The van der Waals surface area contributed by atoms with E-state index in [1.165, 1.54) is 38.5 Å². The highest BCUT2D eigenvalue weighted by molar-refractivity contribution is 5.69. The van der Waals surface area contributed by atoms with Gasteiger partial charge in [-0.3, -0.25) is 4.79 Å². The zero-order chi connectivity index (χ0) is 16.3. The molecule has 0 unspecified atom stereocenters. The summed E-state index contributed by atoms with van der Waals surface area (Å²) >= 11 is 0. The van der Waals surface area contributed by atoms with Crippen molar-refractivity contribution < 1.29 is 9.53 Å². The first kappa shape index (κ1) is 20.5. The van der Waals surface area contributed by atoms with Gasteiger partial charge in [0.1, 0.15) is 6.10 Å². The highest BCUT2D eigenvalue weighted by atomic mass is 16.5. The summed E-state index contributed by atoms with van der Waals surface area (Å²) < 4.78 is 5.38. The van der Waals surface area contributed by atoms with Crippen LogP contribution in [0.5, 0.6) is 0 Å². The third-order valence-electron chi connectivity index (χ3n) is 4.85. The van der Waals surface area contributed by atoms with Crippen molar-refractivity contribution in [2.24, 2.45) is 17.8 Å². The predicted molar refractivity (Wildman–Crippen MR) is 91.3 cm³/mol. The third-order valence-corrected chi connectivity index (χ3v) is 4.85. The molecule has 0 rings (SSSR count). The monoisotopic (exact) mass is 298 g/mol. The van der Waals surface area contributed by atoms with Crippen LogP contribution < -0.4 is 0 Å². The van der Waals surface area contributed by atoms with Gasteiger partial charge in [0.25, 0.3) is 0 Å². The molecule has 2 heteroatoms. The molecule has 2 nitrogen and oxygen atoms in total. The zero-order valence-electron chi connectivity index (χ0n) is 15.3. The molecule has 0 spiro atoms. The van der Waals surface area contributed by atoms with Crippen LogP contribution in [0.15, 0.2) is 0 Å². The number of carbonyl (C=O) groups is 1.